The minimum Gasteiger partial charge on any atom is -0.478 e. The zero-order valence-corrected chi connectivity index (χ0v) is 14.2. The number of piperidine rings is 1. The molecule has 3 aliphatic rings. The predicted octanol–water partition coefficient (Wildman–Crippen LogP) is 2.40. The summed E-state index contributed by atoms with van der Waals surface area (Å²) in [7, 11) is 0. The lowest BCUT2D eigenvalue weighted by Gasteiger charge is -2.32. The van der Waals surface area contributed by atoms with Crippen LogP contribution in [0, 0.1) is 0 Å². The van der Waals surface area contributed by atoms with Crippen LogP contribution in [0.15, 0.2) is 42.7 Å². The molecule has 0 aliphatic carbocycles. The number of rotatable bonds is 2. The molecule has 1 fully saturated rings. The van der Waals surface area contributed by atoms with Crippen LogP contribution in [-0.4, -0.2) is 36.3 Å². The zero-order chi connectivity index (χ0) is 17.6. The molecule has 0 saturated carbocycles. The Morgan fingerprint density at radius 3 is 2.54 bits per heavy atom. The van der Waals surface area contributed by atoms with Gasteiger partial charge in [-0.2, -0.15) is 0 Å². The van der Waals surface area contributed by atoms with Crippen molar-refractivity contribution in [2.45, 2.75) is 18.4 Å². The average Bonchev–Trinajstić information content (AvgIpc) is 3.26. The summed E-state index contributed by atoms with van der Waals surface area (Å²) in [6.45, 7) is 1.74. The van der Waals surface area contributed by atoms with Crippen LogP contribution < -0.4 is 14.8 Å². The van der Waals surface area contributed by atoms with Crippen LogP contribution >= 0.6 is 0 Å². The Labute approximate surface area is 150 Å². The van der Waals surface area contributed by atoms with Gasteiger partial charge in [0.05, 0.1) is 5.57 Å². The van der Waals surface area contributed by atoms with Crippen LogP contribution in [0.4, 0.5) is 0 Å². The molecule has 0 amide bonds. The van der Waals surface area contributed by atoms with E-state index in [1.54, 1.807) is 12.4 Å². The van der Waals surface area contributed by atoms with Gasteiger partial charge in [-0.05, 0) is 42.9 Å². The largest absolute Gasteiger partial charge is 0.478 e. The number of benzene rings is 1. The number of hydrogen-bond acceptors (Lipinski definition) is 6. The van der Waals surface area contributed by atoms with E-state index in [0.29, 0.717) is 35.7 Å². The number of carbonyl (C=O) groups excluding carboxylic acids is 1. The molecule has 2 aromatic rings. The summed E-state index contributed by atoms with van der Waals surface area (Å²) in [6.07, 6.45) is 4.74. The minimum absolute atomic E-state index is 0.0460. The molecule has 1 aromatic carbocycles. The Morgan fingerprint density at radius 2 is 1.73 bits per heavy atom. The van der Waals surface area contributed by atoms with E-state index in [4.69, 9.17) is 14.2 Å². The second-order valence-corrected chi connectivity index (χ2v) is 6.68. The van der Waals surface area contributed by atoms with Crippen molar-refractivity contribution in [3.05, 3.63) is 53.9 Å². The Kier molecular flexibility index (Phi) is 3.46. The molecule has 1 aromatic heterocycles. The number of nitrogens with one attached hydrogen (secondary N) is 1. The maximum absolute atomic E-state index is 13.5. The van der Waals surface area contributed by atoms with Crippen molar-refractivity contribution < 1.29 is 19.0 Å². The Balaban J connectivity index is 1.65. The van der Waals surface area contributed by atoms with Gasteiger partial charge in [0.1, 0.15) is 5.76 Å². The number of fused-ring (bicyclic) bond motifs is 1. The van der Waals surface area contributed by atoms with Gasteiger partial charge in [-0.1, -0.05) is 6.07 Å². The summed E-state index contributed by atoms with van der Waals surface area (Å²) < 4.78 is 17.3. The molecule has 0 atom stereocenters. The van der Waals surface area contributed by atoms with Crippen LogP contribution in [-0.2, 0) is 9.53 Å². The molecular formula is C20H18N2O4. The lowest BCUT2D eigenvalue weighted by atomic mass is 9.84. The molecule has 132 valence electrons. The summed E-state index contributed by atoms with van der Waals surface area (Å²) in [6, 6.07) is 9.34. The molecule has 0 unspecified atom stereocenters. The van der Waals surface area contributed by atoms with Gasteiger partial charge in [-0.15, -0.1) is 0 Å². The third-order valence-electron chi connectivity index (χ3n) is 5.18. The van der Waals surface area contributed by atoms with E-state index in [0.717, 1.165) is 24.2 Å². The highest BCUT2D eigenvalue weighted by molar-refractivity contribution is 6.33. The Morgan fingerprint density at radius 1 is 0.962 bits per heavy atom. The molecule has 1 saturated heterocycles. The van der Waals surface area contributed by atoms with Gasteiger partial charge in [-0.25, -0.2) is 0 Å². The number of pyridine rings is 1. The van der Waals surface area contributed by atoms with E-state index < -0.39 is 5.60 Å². The summed E-state index contributed by atoms with van der Waals surface area (Å²) >= 11 is 0. The number of ketones is 1. The fourth-order valence-electron chi connectivity index (χ4n) is 3.80. The number of nitrogens with zero attached hydrogens (tertiary/aromatic N) is 1. The molecule has 4 heterocycles. The first-order valence-electron chi connectivity index (χ1n) is 8.76. The second-order valence-electron chi connectivity index (χ2n) is 6.68. The van der Waals surface area contributed by atoms with Gasteiger partial charge in [-0.3, -0.25) is 9.78 Å². The summed E-state index contributed by atoms with van der Waals surface area (Å²) in [5.41, 5.74) is 1.48. The quantitative estimate of drug-likeness (QED) is 0.897. The highest BCUT2D eigenvalue weighted by Gasteiger charge is 2.50. The first-order valence-corrected chi connectivity index (χ1v) is 8.76. The maximum Gasteiger partial charge on any atom is 0.231 e. The molecule has 6 nitrogen and oxygen atoms in total. The normalized spacial score (nSPS) is 20.5. The Bertz CT molecular complexity index is 901. The molecule has 1 N–H and O–H groups in total. The van der Waals surface area contributed by atoms with E-state index >= 15 is 0 Å². The number of Topliss-reactive ketones (excluding diaryl/α,β-unsaturated/α-hetero) is 1. The van der Waals surface area contributed by atoms with E-state index in [1.165, 1.54) is 0 Å². The van der Waals surface area contributed by atoms with Crippen LogP contribution in [0.1, 0.15) is 24.0 Å². The van der Waals surface area contributed by atoms with Crippen molar-refractivity contribution in [1.29, 1.82) is 0 Å². The van der Waals surface area contributed by atoms with E-state index in [1.807, 2.05) is 30.3 Å². The van der Waals surface area contributed by atoms with Crippen LogP contribution in [0.3, 0.4) is 0 Å². The monoisotopic (exact) mass is 350 g/mol. The molecule has 1 spiro atoms. The van der Waals surface area contributed by atoms with Crippen molar-refractivity contribution in [3.63, 3.8) is 0 Å². The maximum atomic E-state index is 13.5. The molecule has 0 radical (unpaired) electrons. The average molecular weight is 350 g/mol. The van der Waals surface area contributed by atoms with Gasteiger partial charge in [0.2, 0.25) is 12.6 Å². The third kappa shape index (κ3) is 2.29. The fraction of sp³-hybridized carbons (Fsp3) is 0.300. The van der Waals surface area contributed by atoms with Crippen molar-refractivity contribution in [2.24, 2.45) is 0 Å². The van der Waals surface area contributed by atoms with Crippen molar-refractivity contribution in [1.82, 2.24) is 10.3 Å². The number of hydrogen-bond donors (Lipinski definition) is 1. The lowest BCUT2D eigenvalue weighted by molar-refractivity contribution is -0.130. The SMILES string of the molecule is O=C1C(c2ccc3c(c2)OCO3)=C(c2ccncc2)OC12CCNCC2. The first kappa shape index (κ1) is 15.4. The molecule has 5 rings (SSSR count). The smallest absolute Gasteiger partial charge is 0.231 e. The third-order valence-corrected chi connectivity index (χ3v) is 5.18. The predicted molar refractivity (Wildman–Crippen MR) is 94.5 cm³/mol. The van der Waals surface area contributed by atoms with Gasteiger partial charge < -0.3 is 19.5 Å². The van der Waals surface area contributed by atoms with Crippen molar-refractivity contribution in [3.8, 4) is 11.5 Å². The van der Waals surface area contributed by atoms with Gasteiger partial charge in [0.15, 0.2) is 17.1 Å². The molecule has 3 aliphatic heterocycles. The summed E-state index contributed by atoms with van der Waals surface area (Å²) in [5, 5.41) is 3.30. The lowest BCUT2D eigenvalue weighted by Crippen LogP contribution is -2.47. The number of ether oxygens (including phenoxy) is 3. The van der Waals surface area contributed by atoms with Gasteiger partial charge in [0.25, 0.3) is 0 Å². The second kappa shape index (κ2) is 5.85. The molecule has 6 heteroatoms. The number of carbonyl (C=O) groups is 1. The van der Waals surface area contributed by atoms with Crippen molar-refractivity contribution in [2.75, 3.05) is 19.9 Å². The summed E-state index contributed by atoms with van der Waals surface area (Å²) in [4.78, 5) is 17.5. The van der Waals surface area contributed by atoms with Gasteiger partial charge >= 0.3 is 0 Å². The standard InChI is InChI=1S/C20H18N2O4/c23-19-17(14-1-2-15-16(11-14)25-12-24-15)18(13-3-7-21-8-4-13)26-20(19)5-9-22-10-6-20/h1-4,7-8,11,22H,5-6,9-10,12H2. The van der Waals surface area contributed by atoms with E-state index in [9.17, 15) is 4.79 Å². The highest BCUT2D eigenvalue weighted by atomic mass is 16.7. The van der Waals surface area contributed by atoms with Crippen LogP contribution in [0.25, 0.3) is 11.3 Å². The molecule has 26 heavy (non-hydrogen) atoms. The highest BCUT2D eigenvalue weighted by Crippen LogP contribution is 2.46. The zero-order valence-electron chi connectivity index (χ0n) is 14.2. The molecular weight excluding hydrogens is 332 g/mol. The van der Waals surface area contributed by atoms with Crippen LogP contribution in [0.2, 0.25) is 0 Å². The summed E-state index contributed by atoms with van der Waals surface area (Å²) in [5.74, 6) is 2.02. The fourth-order valence-corrected chi connectivity index (χ4v) is 3.80. The first-order chi connectivity index (χ1) is 12.8. The van der Waals surface area contributed by atoms with E-state index in [2.05, 4.69) is 10.3 Å². The Hall–Kier alpha value is -2.86. The molecule has 0 bridgehead atoms. The van der Waals surface area contributed by atoms with Crippen LogP contribution in [0.5, 0.6) is 11.5 Å². The number of aromatic nitrogens is 1. The van der Waals surface area contributed by atoms with Crippen molar-refractivity contribution >= 4 is 17.1 Å². The minimum atomic E-state index is -0.782. The van der Waals surface area contributed by atoms with Gasteiger partial charge in [0, 0.05) is 30.8 Å². The van der Waals surface area contributed by atoms with E-state index in [-0.39, 0.29) is 12.6 Å². The topological polar surface area (TPSA) is 69.7 Å².